The van der Waals surface area contributed by atoms with E-state index in [1.807, 2.05) is 11.8 Å². The van der Waals surface area contributed by atoms with Crippen molar-refractivity contribution in [3.05, 3.63) is 29.3 Å². The summed E-state index contributed by atoms with van der Waals surface area (Å²) in [5.41, 5.74) is 2.68. The van der Waals surface area contributed by atoms with Crippen molar-refractivity contribution in [3.63, 3.8) is 0 Å². The second kappa shape index (κ2) is 6.86. The number of nitrogens with one attached hydrogen (secondary N) is 1. The molecule has 2 rings (SSSR count). The van der Waals surface area contributed by atoms with Gasteiger partial charge >= 0.3 is 0 Å². The minimum atomic E-state index is 0.292. The van der Waals surface area contributed by atoms with Crippen molar-refractivity contribution in [1.29, 1.82) is 0 Å². The predicted molar refractivity (Wildman–Crippen MR) is 89.0 cm³/mol. The Bertz CT molecular complexity index is 434. The quantitative estimate of drug-likeness (QED) is 0.826. The SMILES string of the molecule is CCC(CC)(CNCC1Cc2cc(C)ccc2O1)SC. The van der Waals surface area contributed by atoms with Crippen LogP contribution < -0.4 is 10.1 Å². The minimum Gasteiger partial charge on any atom is -0.488 e. The molecule has 0 spiro atoms. The van der Waals surface area contributed by atoms with Gasteiger partial charge in [0.2, 0.25) is 0 Å². The largest absolute Gasteiger partial charge is 0.488 e. The fourth-order valence-electron chi connectivity index (χ4n) is 2.88. The molecule has 112 valence electrons. The molecule has 1 aliphatic heterocycles. The third-order valence-corrected chi connectivity index (χ3v) is 6.09. The second-order valence-corrected chi connectivity index (χ2v) is 7.05. The summed E-state index contributed by atoms with van der Waals surface area (Å²) < 4.78 is 6.39. The van der Waals surface area contributed by atoms with Crippen LogP contribution in [-0.4, -0.2) is 30.2 Å². The zero-order valence-electron chi connectivity index (χ0n) is 13.2. The maximum absolute atomic E-state index is 6.01. The summed E-state index contributed by atoms with van der Waals surface area (Å²) in [6, 6.07) is 6.48. The molecule has 0 aliphatic carbocycles. The van der Waals surface area contributed by atoms with Gasteiger partial charge in [-0.3, -0.25) is 0 Å². The molecule has 0 saturated carbocycles. The smallest absolute Gasteiger partial charge is 0.123 e. The van der Waals surface area contributed by atoms with Gasteiger partial charge < -0.3 is 10.1 Å². The summed E-state index contributed by atoms with van der Waals surface area (Å²) in [7, 11) is 0. The molecule has 1 aromatic rings. The molecule has 1 aromatic carbocycles. The molecule has 0 radical (unpaired) electrons. The molecule has 3 heteroatoms. The number of fused-ring (bicyclic) bond motifs is 1. The van der Waals surface area contributed by atoms with E-state index >= 15 is 0 Å². The average Bonchev–Trinajstić information content (AvgIpc) is 2.86. The van der Waals surface area contributed by atoms with Crippen LogP contribution in [0.15, 0.2) is 18.2 Å². The molecule has 0 saturated heterocycles. The van der Waals surface area contributed by atoms with Crippen LogP contribution >= 0.6 is 11.8 Å². The molecular weight excluding hydrogens is 266 g/mol. The molecule has 1 aliphatic rings. The lowest BCUT2D eigenvalue weighted by Gasteiger charge is -2.30. The molecule has 0 aromatic heterocycles. The first kappa shape index (κ1) is 15.7. The summed E-state index contributed by atoms with van der Waals surface area (Å²) >= 11 is 1.99. The summed E-state index contributed by atoms with van der Waals surface area (Å²) in [5.74, 6) is 1.07. The van der Waals surface area contributed by atoms with E-state index in [1.54, 1.807) is 0 Å². The van der Waals surface area contributed by atoms with Crippen LogP contribution in [0.2, 0.25) is 0 Å². The van der Waals surface area contributed by atoms with E-state index in [0.29, 0.717) is 10.9 Å². The number of hydrogen-bond donors (Lipinski definition) is 1. The molecule has 1 heterocycles. The Hall–Kier alpha value is -0.670. The van der Waals surface area contributed by atoms with Gasteiger partial charge in [0.15, 0.2) is 0 Å². The lowest BCUT2D eigenvalue weighted by Crippen LogP contribution is -2.40. The Balaban J connectivity index is 1.83. The first-order valence-electron chi connectivity index (χ1n) is 7.64. The summed E-state index contributed by atoms with van der Waals surface area (Å²) in [6.07, 6.45) is 5.97. The first-order chi connectivity index (χ1) is 9.62. The fourth-order valence-corrected chi connectivity index (χ4v) is 3.71. The van der Waals surface area contributed by atoms with Gasteiger partial charge in [-0.25, -0.2) is 0 Å². The average molecular weight is 293 g/mol. The normalized spacial score (nSPS) is 17.9. The Morgan fingerprint density at radius 3 is 2.75 bits per heavy atom. The summed E-state index contributed by atoms with van der Waals surface area (Å²) in [6.45, 7) is 8.71. The molecule has 0 fully saturated rings. The van der Waals surface area contributed by atoms with E-state index in [0.717, 1.165) is 25.3 Å². The van der Waals surface area contributed by atoms with Gasteiger partial charge in [-0.05, 0) is 37.7 Å². The van der Waals surface area contributed by atoms with Crippen LogP contribution in [0.3, 0.4) is 0 Å². The Morgan fingerprint density at radius 2 is 2.10 bits per heavy atom. The molecular formula is C17H27NOS. The summed E-state index contributed by atoms with van der Waals surface area (Å²) in [5, 5.41) is 3.62. The van der Waals surface area contributed by atoms with Gasteiger partial charge in [-0.15, -0.1) is 0 Å². The van der Waals surface area contributed by atoms with Crippen molar-refractivity contribution >= 4 is 11.8 Å². The molecule has 2 nitrogen and oxygen atoms in total. The van der Waals surface area contributed by atoms with Crippen molar-refractivity contribution in [2.24, 2.45) is 0 Å². The maximum Gasteiger partial charge on any atom is 0.123 e. The molecule has 1 N–H and O–H groups in total. The maximum atomic E-state index is 6.01. The van der Waals surface area contributed by atoms with E-state index in [2.05, 4.69) is 50.5 Å². The van der Waals surface area contributed by atoms with E-state index in [1.165, 1.54) is 24.0 Å². The molecule has 0 amide bonds. The third kappa shape index (κ3) is 3.50. The van der Waals surface area contributed by atoms with Crippen LogP contribution in [0.25, 0.3) is 0 Å². The number of benzene rings is 1. The van der Waals surface area contributed by atoms with Crippen LogP contribution in [0.4, 0.5) is 0 Å². The number of rotatable bonds is 7. The zero-order valence-corrected chi connectivity index (χ0v) is 14.0. The van der Waals surface area contributed by atoms with Crippen molar-refractivity contribution in [1.82, 2.24) is 5.32 Å². The van der Waals surface area contributed by atoms with Crippen LogP contribution in [0, 0.1) is 6.92 Å². The van der Waals surface area contributed by atoms with Crippen molar-refractivity contribution in [2.45, 2.75) is 50.9 Å². The highest BCUT2D eigenvalue weighted by atomic mass is 32.2. The highest BCUT2D eigenvalue weighted by molar-refractivity contribution is 8.00. The number of hydrogen-bond acceptors (Lipinski definition) is 3. The van der Waals surface area contributed by atoms with Gasteiger partial charge in [0.1, 0.15) is 11.9 Å². The Kier molecular flexibility index (Phi) is 5.39. The minimum absolute atomic E-state index is 0.292. The Morgan fingerprint density at radius 1 is 1.35 bits per heavy atom. The fraction of sp³-hybridized carbons (Fsp3) is 0.647. The highest BCUT2D eigenvalue weighted by Crippen LogP contribution is 2.31. The van der Waals surface area contributed by atoms with Crippen LogP contribution in [0.5, 0.6) is 5.75 Å². The monoisotopic (exact) mass is 293 g/mol. The standard InChI is InChI=1S/C17H27NOS/c1-5-17(6-2,20-4)12-18-11-15-10-14-9-13(3)7-8-16(14)19-15/h7-9,15,18H,5-6,10-12H2,1-4H3. The number of thioether (sulfide) groups is 1. The highest BCUT2D eigenvalue weighted by Gasteiger charge is 2.26. The molecule has 0 bridgehead atoms. The van der Waals surface area contributed by atoms with Crippen molar-refractivity contribution < 1.29 is 4.74 Å². The van der Waals surface area contributed by atoms with E-state index in [9.17, 15) is 0 Å². The van der Waals surface area contributed by atoms with Crippen LogP contribution in [-0.2, 0) is 6.42 Å². The van der Waals surface area contributed by atoms with Crippen molar-refractivity contribution in [2.75, 3.05) is 19.3 Å². The van der Waals surface area contributed by atoms with Crippen molar-refractivity contribution in [3.8, 4) is 5.75 Å². The third-order valence-electron chi connectivity index (χ3n) is 4.50. The lowest BCUT2D eigenvalue weighted by molar-refractivity contribution is 0.225. The van der Waals surface area contributed by atoms with E-state index < -0.39 is 0 Å². The molecule has 1 unspecified atom stereocenters. The predicted octanol–water partition coefficient (Wildman–Crippen LogP) is 3.81. The Labute approximate surface area is 127 Å². The summed E-state index contributed by atoms with van der Waals surface area (Å²) in [4.78, 5) is 0. The first-order valence-corrected chi connectivity index (χ1v) is 8.87. The van der Waals surface area contributed by atoms with E-state index in [-0.39, 0.29) is 0 Å². The molecule has 1 atom stereocenters. The van der Waals surface area contributed by atoms with Crippen LogP contribution in [0.1, 0.15) is 37.8 Å². The van der Waals surface area contributed by atoms with Gasteiger partial charge in [0.05, 0.1) is 0 Å². The van der Waals surface area contributed by atoms with E-state index in [4.69, 9.17) is 4.74 Å². The van der Waals surface area contributed by atoms with Gasteiger partial charge in [-0.2, -0.15) is 11.8 Å². The number of ether oxygens (including phenoxy) is 1. The van der Waals surface area contributed by atoms with Gasteiger partial charge in [0.25, 0.3) is 0 Å². The number of aryl methyl sites for hydroxylation is 1. The lowest BCUT2D eigenvalue weighted by atomic mass is 10.0. The van der Waals surface area contributed by atoms with Gasteiger partial charge in [0, 0.05) is 24.3 Å². The van der Waals surface area contributed by atoms with Gasteiger partial charge in [-0.1, -0.05) is 31.5 Å². The molecule has 20 heavy (non-hydrogen) atoms. The topological polar surface area (TPSA) is 21.3 Å². The zero-order chi connectivity index (χ0) is 14.6. The second-order valence-electron chi connectivity index (χ2n) is 5.78.